The molecule has 8 nitrogen and oxygen atoms in total. The van der Waals surface area contributed by atoms with Gasteiger partial charge >= 0.3 is 6.18 Å². The molecule has 2 saturated heterocycles. The second-order valence-electron chi connectivity index (χ2n) is 8.77. The first kappa shape index (κ1) is 23.3. The second-order valence-corrected chi connectivity index (χ2v) is 9.18. The molecule has 2 N–H and O–H groups in total. The predicted octanol–water partition coefficient (Wildman–Crippen LogP) is 3.72. The lowest BCUT2D eigenvalue weighted by atomic mass is 9.88. The van der Waals surface area contributed by atoms with Gasteiger partial charge in [0.25, 0.3) is 0 Å². The van der Waals surface area contributed by atoms with Gasteiger partial charge in [0, 0.05) is 29.7 Å². The van der Waals surface area contributed by atoms with E-state index in [9.17, 15) is 18.3 Å². The van der Waals surface area contributed by atoms with E-state index in [1.54, 1.807) is 6.20 Å². The number of piperidine rings is 1. The molecule has 2 fully saturated rings. The maximum Gasteiger partial charge on any atom is 0.435 e. The maximum absolute atomic E-state index is 12.9. The quantitative estimate of drug-likeness (QED) is 0.569. The Bertz CT molecular complexity index is 1200. The Hall–Kier alpha value is -2.47. The highest BCUT2D eigenvalue weighted by molar-refractivity contribution is 6.32. The van der Waals surface area contributed by atoms with Gasteiger partial charge in [0.2, 0.25) is 5.95 Å². The van der Waals surface area contributed by atoms with E-state index in [0.29, 0.717) is 23.8 Å². The van der Waals surface area contributed by atoms with E-state index < -0.39 is 18.0 Å². The third-order valence-electron chi connectivity index (χ3n) is 6.57. The summed E-state index contributed by atoms with van der Waals surface area (Å²) in [5.74, 6) is 0.541. The molecule has 2 aliphatic heterocycles. The molecule has 0 bridgehead atoms. The normalized spacial score (nSPS) is 22.5. The number of aromatic nitrogens is 4. The molecule has 12 heteroatoms. The van der Waals surface area contributed by atoms with Crippen molar-refractivity contribution in [3.8, 4) is 0 Å². The number of aryl methyl sites for hydroxylation is 1. The molecule has 0 radical (unpaired) electrons. The number of hydrogen-bond acceptors (Lipinski definition) is 7. The Balaban J connectivity index is 1.35. The van der Waals surface area contributed by atoms with Crippen LogP contribution in [0.4, 0.5) is 24.9 Å². The van der Waals surface area contributed by atoms with Crippen molar-refractivity contribution in [3.05, 3.63) is 40.7 Å². The Kier molecular flexibility index (Phi) is 6.13. The number of rotatable bonds is 4. The molecule has 2 aliphatic rings. The summed E-state index contributed by atoms with van der Waals surface area (Å²) in [5, 5.41) is 17.8. The molecule has 0 aliphatic carbocycles. The lowest BCUT2D eigenvalue weighted by molar-refractivity contribution is -0.141. The Morgan fingerprint density at radius 1 is 1.18 bits per heavy atom. The first-order valence-corrected chi connectivity index (χ1v) is 11.4. The smallest absolute Gasteiger partial charge is 0.389 e. The lowest BCUT2D eigenvalue weighted by Gasteiger charge is -2.36. The van der Waals surface area contributed by atoms with Crippen LogP contribution in [-0.2, 0) is 18.0 Å². The number of benzene rings is 1. The number of anilines is 2. The van der Waals surface area contributed by atoms with Gasteiger partial charge in [0.15, 0.2) is 5.69 Å². The number of hydrogen-bond donors (Lipinski definition) is 2. The largest absolute Gasteiger partial charge is 0.435 e. The number of likely N-dealkylation sites (tertiary alicyclic amines) is 1. The van der Waals surface area contributed by atoms with E-state index in [1.807, 2.05) is 12.1 Å². The molecular weight excluding hydrogens is 473 g/mol. The third-order valence-corrected chi connectivity index (χ3v) is 6.90. The van der Waals surface area contributed by atoms with Crippen molar-refractivity contribution in [2.24, 2.45) is 7.05 Å². The van der Waals surface area contributed by atoms with Gasteiger partial charge in [-0.3, -0.25) is 9.58 Å². The Morgan fingerprint density at radius 2 is 1.94 bits per heavy atom. The molecule has 3 aromatic rings. The number of aliphatic hydroxyl groups excluding tert-OH is 1. The monoisotopic (exact) mass is 496 g/mol. The van der Waals surface area contributed by atoms with Crippen LogP contribution >= 0.6 is 11.6 Å². The van der Waals surface area contributed by atoms with E-state index >= 15 is 0 Å². The molecular formula is C22H24ClF3N6O2. The molecule has 2 atom stereocenters. The van der Waals surface area contributed by atoms with Gasteiger partial charge in [-0.25, -0.2) is 9.97 Å². The Labute approximate surface area is 198 Å². The molecule has 2 aromatic heterocycles. The van der Waals surface area contributed by atoms with Crippen LogP contribution in [0.15, 0.2) is 24.4 Å². The number of nitrogens with zero attached hydrogens (tertiary/aromatic N) is 5. The molecule has 5 rings (SSSR count). The first-order chi connectivity index (χ1) is 16.2. The fourth-order valence-corrected chi connectivity index (χ4v) is 5.03. The standard InChI is InChI=1S/C22H24ClF3N6O2/c1-31-20(8-19(30-31)22(24,25)26)29-21-27-9-13-6-15(23)14(7-16(13)28-21)12-2-4-32(5-3-12)17-10-34-11-18(17)33/h6-9,12,17-18,33H,2-5,10-11H2,1H3,(H,27,28,29)/t17-,18+/m0/s1. The fraction of sp³-hybridized carbons (Fsp3) is 0.500. The van der Waals surface area contributed by atoms with Gasteiger partial charge in [-0.15, -0.1) is 0 Å². The van der Waals surface area contributed by atoms with Crippen molar-refractivity contribution >= 4 is 34.3 Å². The molecule has 182 valence electrons. The highest BCUT2D eigenvalue weighted by Crippen LogP contribution is 2.36. The van der Waals surface area contributed by atoms with Gasteiger partial charge in [0.1, 0.15) is 5.82 Å². The molecule has 4 heterocycles. The Morgan fingerprint density at radius 3 is 2.59 bits per heavy atom. The third kappa shape index (κ3) is 4.57. The van der Waals surface area contributed by atoms with Crippen LogP contribution in [-0.4, -0.2) is 68.2 Å². The van der Waals surface area contributed by atoms with Crippen molar-refractivity contribution in [1.82, 2.24) is 24.6 Å². The maximum atomic E-state index is 12.9. The zero-order valence-corrected chi connectivity index (χ0v) is 19.1. The van der Waals surface area contributed by atoms with Crippen LogP contribution in [0.1, 0.15) is 30.0 Å². The summed E-state index contributed by atoms with van der Waals surface area (Å²) in [5.41, 5.74) is 0.647. The summed E-state index contributed by atoms with van der Waals surface area (Å²) in [6, 6.07) is 4.71. The summed E-state index contributed by atoms with van der Waals surface area (Å²) in [4.78, 5) is 11.0. The van der Waals surface area contributed by atoms with E-state index in [-0.39, 0.29) is 23.7 Å². The highest BCUT2D eigenvalue weighted by Gasteiger charge is 2.35. The van der Waals surface area contributed by atoms with Gasteiger partial charge in [-0.1, -0.05) is 11.6 Å². The number of nitrogens with one attached hydrogen (secondary N) is 1. The summed E-state index contributed by atoms with van der Waals surface area (Å²) in [7, 11) is 1.42. The van der Waals surface area contributed by atoms with E-state index in [2.05, 4.69) is 25.3 Å². The van der Waals surface area contributed by atoms with Crippen LogP contribution < -0.4 is 5.32 Å². The van der Waals surface area contributed by atoms with Crippen LogP contribution in [0.25, 0.3) is 10.9 Å². The van der Waals surface area contributed by atoms with Crippen LogP contribution in [0.2, 0.25) is 5.02 Å². The average Bonchev–Trinajstić information content (AvgIpc) is 3.39. The number of ether oxygens (including phenoxy) is 1. The molecule has 1 aromatic carbocycles. The van der Waals surface area contributed by atoms with Crippen molar-refractivity contribution in [3.63, 3.8) is 0 Å². The fourth-order valence-electron chi connectivity index (χ4n) is 4.70. The van der Waals surface area contributed by atoms with Crippen LogP contribution in [0.5, 0.6) is 0 Å². The number of fused-ring (bicyclic) bond motifs is 1. The number of aliphatic hydroxyl groups is 1. The lowest BCUT2D eigenvalue weighted by Crippen LogP contribution is -2.46. The topological polar surface area (TPSA) is 88.3 Å². The van der Waals surface area contributed by atoms with Gasteiger partial charge in [-0.05, 0) is 49.5 Å². The zero-order chi connectivity index (χ0) is 24.0. The minimum absolute atomic E-state index is 0.0410. The summed E-state index contributed by atoms with van der Waals surface area (Å²) >= 11 is 6.60. The van der Waals surface area contributed by atoms with Crippen LogP contribution in [0, 0.1) is 0 Å². The SMILES string of the molecule is Cn1nc(C(F)(F)F)cc1Nc1ncc2cc(Cl)c(C3CCN([C@H]4COC[C@H]4O)CC3)cc2n1. The molecule has 34 heavy (non-hydrogen) atoms. The molecule has 0 saturated carbocycles. The van der Waals surface area contributed by atoms with Gasteiger partial charge in [-0.2, -0.15) is 18.3 Å². The number of alkyl halides is 3. The van der Waals surface area contributed by atoms with Crippen molar-refractivity contribution in [2.75, 3.05) is 31.6 Å². The van der Waals surface area contributed by atoms with Gasteiger partial charge in [0.05, 0.1) is 30.9 Å². The summed E-state index contributed by atoms with van der Waals surface area (Å²) in [6.45, 7) is 2.61. The van der Waals surface area contributed by atoms with Crippen LogP contribution in [0.3, 0.4) is 0 Å². The van der Waals surface area contributed by atoms with E-state index in [4.69, 9.17) is 16.3 Å². The molecule has 0 unspecified atom stereocenters. The van der Waals surface area contributed by atoms with Gasteiger partial charge < -0.3 is 15.2 Å². The molecule has 0 spiro atoms. The average molecular weight is 497 g/mol. The minimum atomic E-state index is -4.54. The van der Waals surface area contributed by atoms with Crippen molar-refractivity contribution < 1.29 is 23.0 Å². The summed E-state index contributed by atoms with van der Waals surface area (Å²) in [6.07, 6.45) is -1.62. The second kappa shape index (κ2) is 8.95. The minimum Gasteiger partial charge on any atom is -0.389 e. The number of halogens is 4. The van der Waals surface area contributed by atoms with Crippen molar-refractivity contribution in [2.45, 2.75) is 37.1 Å². The summed E-state index contributed by atoms with van der Waals surface area (Å²) < 4.78 is 45.3. The van der Waals surface area contributed by atoms with Crippen molar-refractivity contribution in [1.29, 1.82) is 0 Å². The molecule has 0 amide bonds. The van der Waals surface area contributed by atoms with E-state index in [1.165, 1.54) is 7.05 Å². The first-order valence-electron chi connectivity index (χ1n) is 11.0. The zero-order valence-electron chi connectivity index (χ0n) is 18.4. The predicted molar refractivity (Wildman–Crippen MR) is 120 cm³/mol. The van der Waals surface area contributed by atoms with E-state index in [0.717, 1.165) is 47.6 Å². The highest BCUT2D eigenvalue weighted by atomic mass is 35.5.